The second kappa shape index (κ2) is 3.33. The van der Waals surface area contributed by atoms with Crippen LogP contribution in [0.3, 0.4) is 0 Å². The molecule has 14 heavy (non-hydrogen) atoms. The third-order valence-corrected chi connectivity index (χ3v) is 2.27. The fourth-order valence-corrected chi connectivity index (χ4v) is 1.46. The normalized spacial score (nSPS) is 12.9. The summed E-state index contributed by atoms with van der Waals surface area (Å²) >= 11 is 0. The molecule has 68 valence electrons. The zero-order chi connectivity index (χ0) is 10.1. The van der Waals surface area contributed by atoms with E-state index < -0.39 is 0 Å². The highest BCUT2D eigenvalue weighted by atomic mass is 16.1. The van der Waals surface area contributed by atoms with Crippen molar-refractivity contribution < 1.29 is 0 Å². The van der Waals surface area contributed by atoms with Crippen molar-refractivity contribution in [2.45, 2.75) is 12.7 Å². The van der Waals surface area contributed by atoms with Crippen LogP contribution in [0, 0.1) is 0 Å². The number of aromatic nitrogens is 1. The summed E-state index contributed by atoms with van der Waals surface area (Å²) in [5.74, 6) is 0.0197. The van der Waals surface area contributed by atoms with E-state index in [1.165, 1.54) is 6.07 Å². The summed E-state index contributed by atoms with van der Waals surface area (Å²) in [7, 11) is 5.76. The molecule has 0 saturated carbocycles. The summed E-state index contributed by atoms with van der Waals surface area (Å²) in [6.45, 7) is 1.94. The van der Waals surface area contributed by atoms with Crippen molar-refractivity contribution in [2.24, 2.45) is 0 Å². The van der Waals surface area contributed by atoms with E-state index in [4.69, 9.17) is 7.85 Å². The lowest BCUT2D eigenvalue weighted by Crippen LogP contribution is -2.02. The van der Waals surface area contributed by atoms with Crippen LogP contribution in [0.2, 0.25) is 0 Å². The van der Waals surface area contributed by atoms with Gasteiger partial charge in [-0.15, -0.1) is 0 Å². The first-order valence-corrected chi connectivity index (χ1v) is 4.55. The van der Waals surface area contributed by atoms with Gasteiger partial charge < -0.3 is 4.98 Å². The Hall–Kier alpha value is -1.51. The third kappa shape index (κ3) is 1.58. The van der Waals surface area contributed by atoms with Gasteiger partial charge in [-0.25, -0.2) is 0 Å². The lowest BCUT2D eigenvalue weighted by Gasteiger charge is -2.06. The zero-order valence-electron chi connectivity index (χ0n) is 7.95. The summed E-state index contributed by atoms with van der Waals surface area (Å²) in [4.78, 5) is 13.8. The molecule has 1 aromatic heterocycles. The monoisotopic (exact) mass is 183 g/mol. The number of pyridine rings is 1. The fraction of sp³-hybridized carbons (Fsp3) is 0.182. The minimum atomic E-state index is -0.0777. The average Bonchev–Trinajstić information content (AvgIpc) is 2.16. The average molecular weight is 183 g/mol. The van der Waals surface area contributed by atoms with E-state index in [-0.39, 0.29) is 11.4 Å². The molecule has 1 unspecified atom stereocenters. The first kappa shape index (κ1) is 9.07. The predicted molar refractivity (Wildman–Crippen MR) is 58.7 cm³/mol. The Bertz CT molecular complexity index is 516. The second-order valence-corrected chi connectivity index (χ2v) is 3.46. The summed E-state index contributed by atoms with van der Waals surface area (Å²) in [6.07, 6.45) is 0. The van der Waals surface area contributed by atoms with Gasteiger partial charge in [-0.2, -0.15) is 0 Å². The third-order valence-electron chi connectivity index (χ3n) is 2.27. The van der Waals surface area contributed by atoms with Crippen molar-refractivity contribution in [2.75, 3.05) is 0 Å². The Kier molecular flexibility index (Phi) is 2.16. The van der Waals surface area contributed by atoms with Gasteiger partial charge in [0.25, 0.3) is 0 Å². The Morgan fingerprint density at radius 2 is 2.07 bits per heavy atom. The minimum Gasteiger partial charge on any atom is -0.322 e. The molecule has 0 fully saturated rings. The van der Waals surface area contributed by atoms with Crippen molar-refractivity contribution in [1.82, 2.24) is 4.98 Å². The number of nitrogens with one attached hydrogen (secondary N) is 1. The molecular weight excluding hydrogens is 173 g/mol. The quantitative estimate of drug-likeness (QED) is 0.671. The number of fused-ring (bicyclic) bond motifs is 1. The first-order chi connectivity index (χ1) is 6.66. The molecule has 1 aromatic carbocycles. The molecule has 0 bridgehead atoms. The summed E-state index contributed by atoms with van der Waals surface area (Å²) < 4.78 is 0. The van der Waals surface area contributed by atoms with Crippen LogP contribution in [0.4, 0.5) is 0 Å². The Morgan fingerprint density at radius 1 is 1.29 bits per heavy atom. The molecule has 2 aromatic rings. The highest BCUT2D eigenvalue weighted by molar-refractivity contribution is 6.12. The maximum atomic E-state index is 11.0. The standard InChI is InChI=1S/C11H10BNO/c1-7(12)8-2-4-10-9(6-8)3-5-11(14)13-10/h2-7H,1H3,(H,13,14). The van der Waals surface area contributed by atoms with E-state index >= 15 is 0 Å². The van der Waals surface area contributed by atoms with Gasteiger partial charge >= 0.3 is 0 Å². The molecule has 0 aliphatic carbocycles. The van der Waals surface area contributed by atoms with Crippen molar-refractivity contribution >= 4 is 18.7 Å². The van der Waals surface area contributed by atoms with Gasteiger partial charge in [-0.05, 0) is 17.5 Å². The molecule has 2 rings (SSSR count). The van der Waals surface area contributed by atoms with Crippen molar-refractivity contribution in [1.29, 1.82) is 0 Å². The van der Waals surface area contributed by atoms with Gasteiger partial charge in [-0.1, -0.05) is 30.4 Å². The SMILES string of the molecule is [B]C(C)c1ccc2[nH]c(=O)ccc2c1. The Labute approximate surface area is 83.4 Å². The largest absolute Gasteiger partial charge is 0.322 e. The number of H-pyrrole nitrogens is 1. The number of aromatic amines is 1. The second-order valence-electron chi connectivity index (χ2n) is 3.46. The lowest BCUT2D eigenvalue weighted by atomic mass is 9.82. The van der Waals surface area contributed by atoms with Gasteiger partial charge in [0.05, 0.1) is 7.85 Å². The molecule has 3 heteroatoms. The van der Waals surface area contributed by atoms with E-state index in [1.54, 1.807) is 6.07 Å². The molecule has 0 aliphatic rings. The van der Waals surface area contributed by atoms with Crippen LogP contribution in [-0.2, 0) is 0 Å². The van der Waals surface area contributed by atoms with Crippen LogP contribution in [0.5, 0.6) is 0 Å². The van der Waals surface area contributed by atoms with E-state index in [0.29, 0.717) is 0 Å². The van der Waals surface area contributed by atoms with Gasteiger partial charge in [0.2, 0.25) is 5.56 Å². The number of hydrogen-bond acceptors (Lipinski definition) is 1. The Morgan fingerprint density at radius 3 is 2.79 bits per heavy atom. The zero-order valence-corrected chi connectivity index (χ0v) is 7.95. The van der Waals surface area contributed by atoms with Gasteiger partial charge in [0, 0.05) is 11.6 Å². The molecule has 0 spiro atoms. The maximum Gasteiger partial charge on any atom is 0.248 e. The smallest absolute Gasteiger partial charge is 0.248 e. The minimum absolute atomic E-state index is 0.0197. The van der Waals surface area contributed by atoms with Crippen LogP contribution in [0.25, 0.3) is 10.9 Å². The van der Waals surface area contributed by atoms with E-state index in [1.807, 2.05) is 25.1 Å². The molecular formula is C11H10BNO. The van der Waals surface area contributed by atoms with E-state index in [9.17, 15) is 4.79 Å². The summed E-state index contributed by atoms with van der Waals surface area (Å²) in [5.41, 5.74) is 1.84. The number of hydrogen-bond donors (Lipinski definition) is 1. The first-order valence-electron chi connectivity index (χ1n) is 4.55. The summed E-state index contributed by atoms with van der Waals surface area (Å²) in [5, 5.41) is 1.01. The molecule has 0 saturated heterocycles. The fourth-order valence-electron chi connectivity index (χ4n) is 1.46. The van der Waals surface area contributed by atoms with E-state index in [0.717, 1.165) is 16.5 Å². The number of benzene rings is 1. The summed E-state index contributed by atoms with van der Waals surface area (Å²) in [6, 6.07) is 9.14. The van der Waals surface area contributed by atoms with Gasteiger partial charge in [0.15, 0.2) is 0 Å². The van der Waals surface area contributed by atoms with Gasteiger partial charge in [-0.3, -0.25) is 4.79 Å². The highest BCUT2D eigenvalue weighted by Crippen LogP contribution is 2.17. The predicted octanol–water partition coefficient (Wildman–Crippen LogP) is 1.76. The van der Waals surface area contributed by atoms with Crippen molar-refractivity contribution in [3.8, 4) is 0 Å². The molecule has 1 N–H and O–H groups in total. The van der Waals surface area contributed by atoms with Crippen LogP contribution < -0.4 is 5.56 Å². The maximum absolute atomic E-state index is 11.0. The number of rotatable bonds is 1. The Balaban J connectivity index is 2.67. The topological polar surface area (TPSA) is 32.9 Å². The molecule has 2 nitrogen and oxygen atoms in total. The van der Waals surface area contributed by atoms with Crippen molar-refractivity contribution in [3.63, 3.8) is 0 Å². The molecule has 0 amide bonds. The van der Waals surface area contributed by atoms with Crippen LogP contribution in [0.1, 0.15) is 18.3 Å². The van der Waals surface area contributed by atoms with Gasteiger partial charge in [0.1, 0.15) is 0 Å². The highest BCUT2D eigenvalue weighted by Gasteiger charge is 2.00. The van der Waals surface area contributed by atoms with Crippen LogP contribution in [0.15, 0.2) is 35.1 Å². The van der Waals surface area contributed by atoms with Crippen LogP contribution >= 0.6 is 0 Å². The molecule has 2 radical (unpaired) electrons. The lowest BCUT2D eigenvalue weighted by molar-refractivity contribution is 1.09. The molecule has 1 atom stereocenters. The molecule has 0 aliphatic heterocycles. The van der Waals surface area contributed by atoms with E-state index in [2.05, 4.69) is 4.98 Å². The van der Waals surface area contributed by atoms with Crippen molar-refractivity contribution in [3.05, 3.63) is 46.2 Å². The van der Waals surface area contributed by atoms with Crippen LogP contribution in [-0.4, -0.2) is 12.8 Å². The molecule has 1 heterocycles.